The highest BCUT2D eigenvalue weighted by atomic mass is 32.2. The molecule has 1 aromatic heterocycles. The van der Waals surface area contributed by atoms with Crippen LogP contribution in [0.15, 0.2) is 70.3 Å². The Bertz CT molecular complexity index is 1200. The van der Waals surface area contributed by atoms with Gasteiger partial charge in [0.25, 0.3) is 15.9 Å². The van der Waals surface area contributed by atoms with Gasteiger partial charge in [-0.3, -0.25) is 14.3 Å². The van der Waals surface area contributed by atoms with E-state index in [1.54, 1.807) is 60.0 Å². The quantitative estimate of drug-likeness (QED) is 0.449. The first-order chi connectivity index (χ1) is 15.9. The topological polar surface area (TPSA) is 114 Å². The van der Waals surface area contributed by atoms with Crippen LogP contribution in [0.4, 0.5) is 17.1 Å². The maximum Gasteiger partial charge on any atom is 0.271 e. The molecule has 1 atom stereocenters. The number of anilines is 3. The molecule has 1 fully saturated rings. The molecule has 0 radical (unpaired) electrons. The maximum absolute atomic E-state index is 12.4. The van der Waals surface area contributed by atoms with E-state index in [2.05, 4.69) is 15.4 Å². The van der Waals surface area contributed by atoms with Crippen LogP contribution in [0, 0.1) is 0 Å². The summed E-state index contributed by atoms with van der Waals surface area (Å²) in [6.07, 6.45) is 1.34. The van der Waals surface area contributed by atoms with Crippen LogP contribution in [0.25, 0.3) is 0 Å². The summed E-state index contributed by atoms with van der Waals surface area (Å²) in [6.45, 7) is 0.608. The Morgan fingerprint density at radius 3 is 2.21 bits per heavy atom. The van der Waals surface area contributed by atoms with Crippen molar-refractivity contribution in [3.05, 3.63) is 71.6 Å². The Morgan fingerprint density at radius 2 is 1.61 bits per heavy atom. The van der Waals surface area contributed by atoms with Crippen LogP contribution in [-0.2, 0) is 30.8 Å². The van der Waals surface area contributed by atoms with Crippen molar-refractivity contribution in [3.63, 3.8) is 0 Å². The lowest BCUT2D eigenvalue weighted by molar-refractivity contribution is -0.124. The number of hydrogen-bond acceptors (Lipinski definition) is 6. The van der Waals surface area contributed by atoms with Crippen molar-refractivity contribution in [2.75, 3.05) is 22.0 Å². The minimum Gasteiger partial charge on any atom is -0.368 e. The second-order valence-electron chi connectivity index (χ2n) is 7.53. The van der Waals surface area contributed by atoms with E-state index in [-0.39, 0.29) is 22.4 Å². The molecule has 33 heavy (non-hydrogen) atoms. The molecule has 4 rings (SSSR count). The van der Waals surface area contributed by atoms with Gasteiger partial charge < -0.3 is 15.4 Å². The van der Waals surface area contributed by atoms with Crippen molar-refractivity contribution in [2.45, 2.75) is 29.6 Å². The summed E-state index contributed by atoms with van der Waals surface area (Å²) in [5, 5.41) is 7.32. The van der Waals surface area contributed by atoms with Gasteiger partial charge in [0.05, 0.1) is 6.42 Å². The first kappa shape index (κ1) is 23.0. The van der Waals surface area contributed by atoms with Crippen molar-refractivity contribution in [2.24, 2.45) is 0 Å². The predicted molar refractivity (Wildman–Crippen MR) is 128 cm³/mol. The molecule has 0 saturated carbocycles. The molecule has 2 aromatic carbocycles. The molecule has 3 aromatic rings. The van der Waals surface area contributed by atoms with Gasteiger partial charge in [-0.1, -0.05) is 18.2 Å². The van der Waals surface area contributed by atoms with E-state index >= 15 is 0 Å². The van der Waals surface area contributed by atoms with Gasteiger partial charge in [0, 0.05) is 23.7 Å². The summed E-state index contributed by atoms with van der Waals surface area (Å²) in [4.78, 5) is 24.5. The van der Waals surface area contributed by atoms with Crippen molar-refractivity contribution in [1.82, 2.24) is 0 Å². The standard InChI is InChI=1S/C23H23N3O5S2/c27-21(24-17-9-11-18(12-10-17)25-23(28)20-3-1-13-31-20)15-16-5-7-19(8-6-16)26-33(29,30)22-4-2-14-32-22/h2,4-12,14,20,26H,1,3,13,15H2,(H,24,27)(H,25,28). The smallest absolute Gasteiger partial charge is 0.271 e. The van der Waals surface area contributed by atoms with E-state index in [0.29, 0.717) is 23.7 Å². The molecule has 2 heterocycles. The van der Waals surface area contributed by atoms with Gasteiger partial charge in [0.15, 0.2) is 0 Å². The maximum atomic E-state index is 12.4. The van der Waals surface area contributed by atoms with E-state index in [9.17, 15) is 18.0 Å². The summed E-state index contributed by atoms with van der Waals surface area (Å²) in [6, 6.07) is 16.7. The normalized spacial score (nSPS) is 15.7. The van der Waals surface area contributed by atoms with Gasteiger partial charge in [0.1, 0.15) is 10.3 Å². The highest BCUT2D eigenvalue weighted by Crippen LogP contribution is 2.21. The molecule has 0 spiro atoms. The predicted octanol–water partition coefficient (Wildman–Crippen LogP) is 3.85. The van der Waals surface area contributed by atoms with Crippen molar-refractivity contribution in [1.29, 1.82) is 0 Å². The molecule has 8 nitrogen and oxygen atoms in total. The van der Waals surface area contributed by atoms with E-state index in [4.69, 9.17) is 4.74 Å². The number of carbonyl (C=O) groups excluding carboxylic acids is 2. The van der Waals surface area contributed by atoms with Crippen LogP contribution in [0.1, 0.15) is 18.4 Å². The first-order valence-corrected chi connectivity index (χ1v) is 12.7. The third-order valence-electron chi connectivity index (χ3n) is 4.99. The summed E-state index contributed by atoms with van der Waals surface area (Å²) in [7, 11) is -3.61. The average Bonchev–Trinajstić information content (AvgIpc) is 3.51. The Hall–Kier alpha value is -3.21. The van der Waals surface area contributed by atoms with Crippen LogP contribution >= 0.6 is 11.3 Å². The molecule has 1 unspecified atom stereocenters. The molecular weight excluding hydrogens is 462 g/mol. The van der Waals surface area contributed by atoms with Gasteiger partial charge in [-0.05, 0) is 66.2 Å². The lowest BCUT2D eigenvalue weighted by Crippen LogP contribution is -2.26. The number of benzene rings is 2. The molecule has 0 bridgehead atoms. The van der Waals surface area contributed by atoms with Gasteiger partial charge in [-0.15, -0.1) is 11.3 Å². The first-order valence-electron chi connectivity index (χ1n) is 10.4. The number of nitrogens with one attached hydrogen (secondary N) is 3. The number of hydrogen-bond donors (Lipinski definition) is 3. The number of sulfonamides is 1. The second-order valence-corrected chi connectivity index (χ2v) is 10.4. The third-order valence-corrected chi connectivity index (χ3v) is 7.77. The summed E-state index contributed by atoms with van der Waals surface area (Å²) < 4.78 is 32.7. The number of ether oxygens (including phenoxy) is 1. The van der Waals surface area contributed by atoms with Crippen LogP contribution in [0.3, 0.4) is 0 Å². The van der Waals surface area contributed by atoms with Crippen LogP contribution in [-0.4, -0.2) is 32.9 Å². The summed E-state index contributed by atoms with van der Waals surface area (Å²) in [5.41, 5.74) is 2.41. The van der Waals surface area contributed by atoms with Crippen LogP contribution in [0.5, 0.6) is 0 Å². The lowest BCUT2D eigenvalue weighted by atomic mass is 10.1. The van der Waals surface area contributed by atoms with Gasteiger partial charge in [0.2, 0.25) is 5.91 Å². The van der Waals surface area contributed by atoms with Crippen LogP contribution < -0.4 is 15.4 Å². The van der Waals surface area contributed by atoms with Gasteiger partial charge >= 0.3 is 0 Å². The molecule has 1 aliphatic heterocycles. The van der Waals surface area contributed by atoms with Crippen molar-refractivity contribution in [3.8, 4) is 0 Å². The lowest BCUT2D eigenvalue weighted by Gasteiger charge is -2.11. The minimum atomic E-state index is -3.61. The van der Waals surface area contributed by atoms with E-state index in [0.717, 1.165) is 29.7 Å². The largest absolute Gasteiger partial charge is 0.368 e. The average molecular weight is 486 g/mol. The number of thiophene rings is 1. The Morgan fingerprint density at radius 1 is 0.939 bits per heavy atom. The SMILES string of the molecule is O=C(Cc1ccc(NS(=O)(=O)c2cccs2)cc1)Nc1ccc(NC(=O)C2CCCO2)cc1. The zero-order valence-electron chi connectivity index (χ0n) is 17.6. The monoisotopic (exact) mass is 485 g/mol. The number of carbonyl (C=O) groups is 2. The van der Waals surface area contributed by atoms with E-state index < -0.39 is 16.1 Å². The Kier molecular flexibility index (Phi) is 7.07. The van der Waals surface area contributed by atoms with E-state index in [1.165, 1.54) is 6.07 Å². The van der Waals surface area contributed by atoms with E-state index in [1.807, 2.05) is 0 Å². The summed E-state index contributed by atoms with van der Waals surface area (Å²) in [5.74, 6) is -0.372. The van der Waals surface area contributed by atoms with Gasteiger partial charge in [-0.25, -0.2) is 8.42 Å². The fourth-order valence-electron chi connectivity index (χ4n) is 3.35. The molecular formula is C23H23N3O5S2. The molecule has 172 valence electrons. The third kappa shape index (κ3) is 6.19. The molecule has 2 amide bonds. The molecule has 0 aliphatic carbocycles. The zero-order valence-corrected chi connectivity index (χ0v) is 19.2. The fourth-order valence-corrected chi connectivity index (χ4v) is 5.40. The fraction of sp³-hybridized carbons (Fsp3) is 0.217. The molecule has 1 saturated heterocycles. The van der Waals surface area contributed by atoms with Crippen LogP contribution in [0.2, 0.25) is 0 Å². The highest BCUT2D eigenvalue weighted by Gasteiger charge is 2.23. The van der Waals surface area contributed by atoms with Crippen molar-refractivity contribution >= 4 is 50.2 Å². The Balaban J connectivity index is 1.28. The molecule has 1 aliphatic rings. The molecule has 3 N–H and O–H groups in total. The molecule has 10 heteroatoms. The summed E-state index contributed by atoms with van der Waals surface area (Å²) >= 11 is 1.14. The number of rotatable bonds is 8. The Labute approximate surface area is 196 Å². The zero-order chi connectivity index (χ0) is 23.3. The second kappa shape index (κ2) is 10.2. The van der Waals surface area contributed by atoms with Gasteiger partial charge in [-0.2, -0.15) is 0 Å². The highest BCUT2D eigenvalue weighted by molar-refractivity contribution is 7.94. The van der Waals surface area contributed by atoms with Crippen molar-refractivity contribution < 1.29 is 22.7 Å². The minimum absolute atomic E-state index is 0.134. The number of amides is 2.